The number of carbonyl (C=O) groups excluding carboxylic acids is 2. The van der Waals surface area contributed by atoms with Crippen LogP contribution >= 0.6 is 11.6 Å². The smallest absolute Gasteiger partial charge is 0.290 e. The molecule has 0 saturated carbocycles. The zero-order valence-corrected chi connectivity index (χ0v) is 22.3. The number of hydrogen-bond acceptors (Lipinski definition) is 7. The average molecular weight is 548 g/mol. The molecule has 1 aliphatic heterocycles. The molecular formula is C30H26ClNO7. The van der Waals surface area contributed by atoms with Crippen LogP contribution in [-0.4, -0.2) is 42.5 Å². The lowest BCUT2D eigenvalue weighted by molar-refractivity contribution is -0.130. The highest BCUT2D eigenvalue weighted by Crippen LogP contribution is 2.42. The van der Waals surface area contributed by atoms with Gasteiger partial charge in [-0.25, -0.2) is 0 Å². The summed E-state index contributed by atoms with van der Waals surface area (Å²) in [7, 11) is 3.01. The fourth-order valence-corrected chi connectivity index (χ4v) is 5.05. The molecule has 1 atom stereocenters. The SMILES string of the molecule is CCOc1cccc(C2C(C(=O)c3cc4cc(Cl)cc(OC)c4o3)=C(O)C(=O)N2Cc2ccccc2OC)c1. The maximum Gasteiger partial charge on any atom is 0.290 e. The summed E-state index contributed by atoms with van der Waals surface area (Å²) in [5, 5.41) is 12.1. The summed E-state index contributed by atoms with van der Waals surface area (Å²) in [6.07, 6.45) is 0. The predicted molar refractivity (Wildman–Crippen MR) is 146 cm³/mol. The van der Waals surface area contributed by atoms with E-state index in [0.29, 0.717) is 51.0 Å². The molecule has 2 heterocycles. The number of amides is 1. The topological polar surface area (TPSA) is 98.4 Å². The Morgan fingerprint density at radius 1 is 1.03 bits per heavy atom. The number of benzene rings is 3. The molecule has 1 amide bonds. The van der Waals surface area contributed by atoms with Crippen LogP contribution in [0.4, 0.5) is 0 Å². The van der Waals surface area contributed by atoms with Crippen molar-refractivity contribution in [2.45, 2.75) is 19.5 Å². The fourth-order valence-electron chi connectivity index (χ4n) is 4.84. The second-order valence-electron chi connectivity index (χ2n) is 8.88. The van der Waals surface area contributed by atoms with E-state index >= 15 is 0 Å². The summed E-state index contributed by atoms with van der Waals surface area (Å²) >= 11 is 6.20. The number of hydrogen-bond donors (Lipinski definition) is 1. The van der Waals surface area contributed by atoms with E-state index in [0.717, 1.165) is 0 Å². The zero-order valence-electron chi connectivity index (χ0n) is 21.6. The molecule has 5 rings (SSSR count). The van der Waals surface area contributed by atoms with Crippen molar-refractivity contribution in [3.63, 3.8) is 0 Å². The molecule has 1 unspecified atom stereocenters. The molecule has 0 aliphatic carbocycles. The Morgan fingerprint density at radius 3 is 2.54 bits per heavy atom. The van der Waals surface area contributed by atoms with Gasteiger partial charge in [0.2, 0.25) is 5.78 Å². The summed E-state index contributed by atoms with van der Waals surface area (Å²) in [6, 6.07) is 18.2. The van der Waals surface area contributed by atoms with Crippen LogP contribution in [0.15, 0.2) is 82.5 Å². The van der Waals surface area contributed by atoms with Crippen molar-refractivity contribution < 1.29 is 33.3 Å². The van der Waals surface area contributed by atoms with Gasteiger partial charge in [-0.2, -0.15) is 0 Å². The first kappa shape index (κ1) is 26.2. The highest BCUT2D eigenvalue weighted by atomic mass is 35.5. The number of ketones is 1. The number of rotatable bonds is 9. The molecule has 0 saturated heterocycles. The number of nitrogens with zero attached hydrogens (tertiary/aromatic N) is 1. The van der Waals surface area contributed by atoms with Crippen LogP contribution in [0.2, 0.25) is 5.02 Å². The molecule has 3 aromatic carbocycles. The van der Waals surface area contributed by atoms with Crippen molar-refractivity contribution in [3.8, 4) is 17.2 Å². The standard InChI is InChI=1S/C30H26ClNO7/c1-4-38-21-10-7-9-17(13-21)26-25(27(33)23-14-19-12-20(31)15-24(37-3)29(19)39-23)28(34)30(35)32(26)16-18-8-5-6-11-22(18)36-2/h5-15,26,34H,4,16H2,1-3H3. The first-order valence-electron chi connectivity index (χ1n) is 12.3. The minimum absolute atomic E-state index is 0.0648. The molecule has 4 aromatic rings. The zero-order chi connectivity index (χ0) is 27.7. The third-order valence-corrected chi connectivity index (χ3v) is 6.78. The number of fused-ring (bicyclic) bond motifs is 1. The Hall–Kier alpha value is -4.43. The highest BCUT2D eigenvalue weighted by Gasteiger charge is 2.45. The number of methoxy groups -OCH3 is 2. The number of aliphatic hydroxyl groups excluding tert-OH is 1. The Labute approximate surface area is 229 Å². The van der Waals surface area contributed by atoms with Gasteiger partial charge in [0.15, 0.2) is 22.9 Å². The molecule has 1 aliphatic rings. The maximum atomic E-state index is 14.0. The largest absolute Gasteiger partial charge is 0.503 e. The lowest BCUT2D eigenvalue weighted by Gasteiger charge is -2.27. The Kier molecular flexibility index (Phi) is 7.21. The van der Waals surface area contributed by atoms with Crippen LogP contribution in [0.25, 0.3) is 11.0 Å². The molecule has 0 fully saturated rings. The Morgan fingerprint density at radius 2 is 1.79 bits per heavy atom. The van der Waals surface area contributed by atoms with Gasteiger partial charge < -0.3 is 28.6 Å². The Bertz CT molecular complexity index is 1610. The van der Waals surface area contributed by atoms with Crippen molar-refractivity contribution in [3.05, 3.63) is 100.0 Å². The monoisotopic (exact) mass is 547 g/mol. The quantitative estimate of drug-likeness (QED) is 0.246. The highest BCUT2D eigenvalue weighted by molar-refractivity contribution is 6.31. The van der Waals surface area contributed by atoms with E-state index in [9.17, 15) is 14.7 Å². The molecule has 0 bridgehead atoms. The Balaban J connectivity index is 1.63. The number of Topliss-reactive ketones (excluding diaryl/α,β-unsaturated/α-hetero) is 1. The third kappa shape index (κ3) is 4.79. The molecule has 0 radical (unpaired) electrons. The number of halogens is 1. The molecule has 9 heteroatoms. The van der Waals surface area contributed by atoms with Gasteiger partial charge in [-0.05, 0) is 42.8 Å². The second kappa shape index (κ2) is 10.7. The molecule has 200 valence electrons. The van der Waals surface area contributed by atoms with Crippen LogP contribution in [-0.2, 0) is 11.3 Å². The van der Waals surface area contributed by atoms with Crippen molar-refractivity contribution in [2.75, 3.05) is 20.8 Å². The lowest BCUT2D eigenvalue weighted by Crippen LogP contribution is -2.31. The van der Waals surface area contributed by atoms with Crippen molar-refractivity contribution in [1.29, 1.82) is 0 Å². The fraction of sp³-hybridized carbons (Fsp3) is 0.200. The van der Waals surface area contributed by atoms with Gasteiger partial charge in [-0.3, -0.25) is 9.59 Å². The number of furan rings is 1. The maximum absolute atomic E-state index is 14.0. The van der Waals surface area contributed by atoms with Crippen LogP contribution in [0.1, 0.15) is 34.6 Å². The van der Waals surface area contributed by atoms with Gasteiger partial charge in [0.25, 0.3) is 5.91 Å². The van der Waals surface area contributed by atoms with E-state index in [1.807, 2.05) is 25.1 Å². The molecule has 8 nitrogen and oxygen atoms in total. The van der Waals surface area contributed by atoms with E-state index in [1.165, 1.54) is 18.1 Å². The van der Waals surface area contributed by atoms with Crippen LogP contribution < -0.4 is 14.2 Å². The molecular weight excluding hydrogens is 522 g/mol. The second-order valence-corrected chi connectivity index (χ2v) is 9.32. The summed E-state index contributed by atoms with van der Waals surface area (Å²) in [5.74, 6) is -0.529. The van der Waals surface area contributed by atoms with Gasteiger partial charge in [0.1, 0.15) is 11.5 Å². The van der Waals surface area contributed by atoms with Crippen LogP contribution in [0.5, 0.6) is 17.2 Å². The first-order valence-corrected chi connectivity index (χ1v) is 12.6. The van der Waals surface area contributed by atoms with Gasteiger partial charge in [-0.1, -0.05) is 41.9 Å². The van der Waals surface area contributed by atoms with Gasteiger partial charge in [-0.15, -0.1) is 0 Å². The summed E-state index contributed by atoms with van der Waals surface area (Å²) < 4.78 is 22.4. The van der Waals surface area contributed by atoms with Gasteiger partial charge in [0.05, 0.1) is 39.0 Å². The van der Waals surface area contributed by atoms with Gasteiger partial charge in [0, 0.05) is 22.0 Å². The summed E-state index contributed by atoms with van der Waals surface area (Å²) in [6.45, 7) is 2.38. The molecule has 1 N–H and O–H groups in total. The van der Waals surface area contributed by atoms with Crippen LogP contribution in [0, 0.1) is 0 Å². The summed E-state index contributed by atoms with van der Waals surface area (Å²) in [4.78, 5) is 28.9. The van der Waals surface area contributed by atoms with Crippen molar-refractivity contribution in [2.24, 2.45) is 0 Å². The van der Waals surface area contributed by atoms with Crippen molar-refractivity contribution in [1.82, 2.24) is 4.90 Å². The average Bonchev–Trinajstić information content (AvgIpc) is 3.47. The number of carbonyl (C=O) groups is 2. The summed E-state index contributed by atoms with van der Waals surface area (Å²) in [5.41, 5.74) is 1.53. The van der Waals surface area contributed by atoms with Gasteiger partial charge >= 0.3 is 0 Å². The molecule has 1 aromatic heterocycles. The first-order chi connectivity index (χ1) is 18.9. The van der Waals surface area contributed by atoms with E-state index in [1.54, 1.807) is 49.6 Å². The molecule has 0 spiro atoms. The minimum atomic E-state index is -0.922. The van der Waals surface area contributed by atoms with E-state index < -0.39 is 23.5 Å². The van der Waals surface area contributed by atoms with E-state index in [-0.39, 0.29) is 17.9 Å². The van der Waals surface area contributed by atoms with Crippen molar-refractivity contribution >= 4 is 34.3 Å². The third-order valence-electron chi connectivity index (χ3n) is 6.56. The molecule has 39 heavy (non-hydrogen) atoms. The predicted octanol–water partition coefficient (Wildman–Crippen LogP) is 6.28. The van der Waals surface area contributed by atoms with Crippen LogP contribution in [0.3, 0.4) is 0 Å². The number of para-hydroxylation sites is 1. The lowest BCUT2D eigenvalue weighted by atomic mass is 9.94. The van der Waals surface area contributed by atoms with E-state index in [4.69, 9.17) is 30.2 Å². The number of ether oxygens (including phenoxy) is 3. The van der Waals surface area contributed by atoms with E-state index in [2.05, 4.69) is 0 Å². The minimum Gasteiger partial charge on any atom is -0.503 e. The normalized spacial score (nSPS) is 15.2. The number of aliphatic hydroxyl groups is 1.